The Kier molecular flexibility index (Phi) is 5.79. The van der Waals surface area contributed by atoms with Crippen LogP contribution in [0.5, 0.6) is 0 Å². The van der Waals surface area contributed by atoms with Crippen molar-refractivity contribution in [1.29, 1.82) is 0 Å². The van der Waals surface area contributed by atoms with Crippen LogP contribution >= 0.6 is 0 Å². The molecule has 2 aromatic rings. The fourth-order valence-corrected chi connectivity index (χ4v) is 5.03. The number of fused-ring (bicyclic) bond motifs is 1. The van der Waals surface area contributed by atoms with Gasteiger partial charge in [0.25, 0.3) is 0 Å². The van der Waals surface area contributed by atoms with E-state index in [1.54, 1.807) is 13.0 Å². The topological polar surface area (TPSA) is 66.5 Å². The number of nitrogens with one attached hydrogen (secondary N) is 1. The predicted molar refractivity (Wildman–Crippen MR) is 113 cm³/mol. The van der Waals surface area contributed by atoms with Crippen molar-refractivity contribution in [3.05, 3.63) is 64.7 Å². The van der Waals surface area contributed by atoms with E-state index in [4.69, 9.17) is 0 Å². The van der Waals surface area contributed by atoms with E-state index in [2.05, 4.69) is 11.4 Å². The molecule has 0 radical (unpaired) electrons. The summed E-state index contributed by atoms with van der Waals surface area (Å²) >= 11 is 0. The van der Waals surface area contributed by atoms with Gasteiger partial charge in [-0.25, -0.2) is 8.42 Å². The minimum atomic E-state index is -3.62. The van der Waals surface area contributed by atoms with Gasteiger partial charge in [-0.3, -0.25) is 9.10 Å². The number of amides is 1. The molecule has 0 fully saturated rings. The minimum absolute atomic E-state index is 0.0823. The van der Waals surface area contributed by atoms with Crippen molar-refractivity contribution in [2.45, 2.75) is 52.1 Å². The van der Waals surface area contributed by atoms with E-state index in [1.807, 2.05) is 44.2 Å². The zero-order valence-corrected chi connectivity index (χ0v) is 17.7. The molecule has 1 amide bonds. The fourth-order valence-electron chi connectivity index (χ4n) is 3.87. The third kappa shape index (κ3) is 4.22. The first-order valence-corrected chi connectivity index (χ1v) is 11.5. The molecule has 0 saturated heterocycles. The van der Waals surface area contributed by atoms with Crippen molar-refractivity contribution in [3.8, 4) is 0 Å². The highest BCUT2D eigenvalue weighted by atomic mass is 32.2. The average molecular weight is 401 g/mol. The van der Waals surface area contributed by atoms with Crippen molar-refractivity contribution >= 4 is 21.6 Å². The van der Waals surface area contributed by atoms with Gasteiger partial charge in [-0.05, 0) is 74.4 Å². The molecule has 0 bridgehead atoms. The van der Waals surface area contributed by atoms with Gasteiger partial charge in [-0.2, -0.15) is 0 Å². The summed E-state index contributed by atoms with van der Waals surface area (Å²) in [6.07, 6.45) is 4.01. The van der Waals surface area contributed by atoms with Crippen molar-refractivity contribution in [3.63, 3.8) is 0 Å². The van der Waals surface area contributed by atoms with Gasteiger partial charge in [0.1, 0.15) is 6.04 Å². The number of rotatable bonds is 5. The Hall–Kier alpha value is -2.34. The molecule has 1 aliphatic rings. The Balaban J connectivity index is 1.86. The highest BCUT2D eigenvalue weighted by Gasteiger charge is 2.31. The Morgan fingerprint density at radius 2 is 1.86 bits per heavy atom. The molecular formula is C22H28N2O3S. The van der Waals surface area contributed by atoms with Crippen LogP contribution < -0.4 is 9.62 Å². The van der Waals surface area contributed by atoms with Crippen LogP contribution in [0.4, 0.5) is 5.69 Å². The summed E-state index contributed by atoms with van der Waals surface area (Å²) < 4.78 is 26.2. The molecule has 0 spiro atoms. The van der Waals surface area contributed by atoms with Crippen LogP contribution in [0, 0.1) is 13.8 Å². The molecule has 0 unspecified atom stereocenters. The van der Waals surface area contributed by atoms with Crippen LogP contribution in [-0.4, -0.2) is 26.6 Å². The quantitative estimate of drug-likeness (QED) is 0.833. The highest BCUT2D eigenvalue weighted by Crippen LogP contribution is 2.30. The lowest BCUT2D eigenvalue weighted by Gasteiger charge is -2.32. The van der Waals surface area contributed by atoms with Crippen molar-refractivity contribution in [1.82, 2.24) is 5.32 Å². The third-order valence-electron chi connectivity index (χ3n) is 5.52. The normalized spacial score (nSPS) is 17.5. The number of nitrogens with zero attached hydrogens (tertiary/aromatic N) is 1. The molecular weight excluding hydrogens is 372 g/mol. The molecule has 150 valence electrons. The van der Waals surface area contributed by atoms with E-state index in [0.717, 1.165) is 42.2 Å². The number of benzene rings is 2. The van der Waals surface area contributed by atoms with Gasteiger partial charge in [-0.15, -0.1) is 0 Å². The van der Waals surface area contributed by atoms with Gasteiger partial charge in [0.05, 0.1) is 18.0 Å². The van der Waals surface area contributed by atoms with E-state index in [9.17, 15) is 13.2 Å². The molecule has 1 N–H and O–H groups in total. The molecule has 0 aromatic heterocycles. The molecule has 6 heteroatoms. The number of carbonyl (C=O) groups excluding carboxylic acids is 1. The number of carbonyl (C=O) groups is 1. The van der Waals surface area contributed by atoms with Crippen molar-refractivity contribution in [2.24, 2.45) is 0 Å². The second-order valence-electron chi connectivity index (χ2n) is 7.66. The summed E-state index contributed by atoms with van der Waals surface area (Å²) in [7, 11) is -3.62. The van der Waals surface area contributed by atoms with E-state index in [1.165, 1.54) is 9.87 Å². The first-order chi connectivity index (χ1) is 13.2. The average Bonchev–Trinajstić information content (AvgIpc) is 2.64. The molecule has 2 aromatic carbocycles. The van der Waals surface area contributed by atoms with Gasteiger partial charge in [0.15, 0.2) is 0 Å². The number of sulfonamides is 1. The Morgan fingerprint density at radius 1 is 1.14 bits per heavy atom. The van der Waals surface area contributed by atoms with E-state index < -0.39 is 16.1 Å². The third-order valence-corrected chi connectivity index (χ3v) is 6.76. The predicted octanol–water partition coefficient (Wildman–Crippen LogP) is 3.65. The van der Waals surface area contributed by atoms with Crippen LogP contribution in [0.15, 0.2) is 42.5 Å². The maximum Gasteiger partial charge on any atom is 0.244 e. The van der Waals surface area contributed by atoms with Gasteiger partial charge < -0.3 is 5.32 Å². The largest absolute Gasteiger partial charge is 0.347 e. The minimum Gasteiger partial charge on any atom is -0.347 e. The first-order valence-electron chi connectivity index (χ1n) is 9.63. The van der Waals surface area contributed by atoms with E-state index in [-0.39, 0.29) is 11.9 Å². The standard InChI is InChI=1S/C22H28N2O3S/c1-15-12-13-19(14-16(15)2)24(28(4,26)27)17(3)22(25)23-21-11-7-9-18-8-5-6-10-20(18)21/h5-6,8,10,12-14,17,21H,7,9,11H2,1-4H3,(H,23,25)/t17-,21+/m0/s1. The number of aryl methyl sites for hydroxylation is 3. The van der Waals surface area contributed by atoms with Gasteiger partial charge in [0.2, 0.25) is 15.9 Å². The Labute approximate surface area is 167 Å². The van der Waals surface area contributed by atoms with Crippen LogP contribution in [0.2, 0.25) is 0 Å². The Morgan fingerprint density at radius 3 is 2.54 bits per heavy atom. The SMILES string of the molecule is Cc1ccc(N([C@@H](C)C(=O)N[C@@H]2CCCc3ccccc32)S(C)(=O)=O)cc1C. The molecule has 0 heterocycles. The van der Waals surface area contributed by atoms with Crippen LogP contribution in [0.3, 0.4) is 0 Å². The number of anilines is 1. The zero-order chi connectivity index (χ0) is 20.5. The summed E-state index contributed by atoms with van der Waals surface area (Å²) in [5.74, 6) is -0.287. The molecule has 5 nitrogen and oxygen atoms in total. The van der Waals surface area contributed by atoms with Crippen molar-refractivity contribution < 1.29 is 13.2 Å². The van der Waals surface area contributed by atoms with Gasteiger partial charge in [-0.1, -0.05) is 30.3 Å². The molecule has 28 heavy (non-hydrogen) atoms. The summed E-state index contributed by atoms with van der Waals surface area (Å²) in [5.41, 5.74) is 4.96. The lowest BCUT2D eigenvalue weighted by Crippen LogP contribution is -2.49. The smallest absolute Gasteiger partial charge is 0.244 e. The summed E-state index contributed by atoms with van der Waals surface area (Å²) in [6, 6.07) is 12.6. The maximum absolute atomic E-state index is 13.0. The molecule has 0 aliphatic heterocycles. The number of hydrogen-bond acceptors (Lipinski definition) is 3. The molecule has 1 aliphatic carbocycles. The molecule has 3 rings (SSSR count). The van der Waals surface area contributed by atoms with Gasteiger partial charge in [0, 0.05) is 0 Å². The second-order valence-corrected chi connectivity index (χ2v) is 9.52. The van der Waals surface area contributed by atoms with Gasteiger partial charge >= 0.3 is 0 Å². The maximum atomic E-state index is 13.0. The molecule has 0 saturated carbocycles. The second kappa shape index (κ2) is 7.95. The summed E-state index contributed by atoms with van der Waals surface area (Å²) in [6.45, 7) is 5.55. The van der Waals surface area contributed by atoms with Crippen LogP contribution in [0.1, 0.15) is 48.1 Å². The monoisotopic (exact) mass is 400 g/mol. The number of hydrogen-bond donors (Lipinski definition) is 1. The first kappa shape index (κ1) is 20.4. The lowest BCUT2D eigenvalue weighted by molar-refractivity contribution is -0.122. The van der Waals surface area contributed by atoms with E-state index in [0.29, 0.717) is 5.69 Å². The summed E-state index contributed by atoms with van der Waals surface area (Å²) in [5, 5.41) is 3.08. The van der Waals surface area contributed by atoms with E-state index >= 15 is 0 Å². The Bertz CT molecular complexity index is 985. The summed E-state index contributed by atoms with van der Waals surface area (Å²) in [4.78, 5) is 13.0. The molecule has 2 atom stereocenters. The van der Waals surface area contributed by atoms with Crippen LogP contribution in [0.25, 0.3) is 0 Å². The zero-order valence-electron chi connectivity index (χ0n) is 16.9. The lowest BCUT2D eigenvalue weighted by atomic mass is 9.87. The van der Waals surface area contributed by atoms with Crippen LogP contribution in [-0.2, 0) is 21.2 Å². The highest BCUT2D eigenvalue weighted by molar-refractivity contribution is 7.92. The van der Waals surface area contributed by atoms with Crippen molar-refractivity contribution in [2.75, 3.05) is 10.6 Å². The fraction of sp³-hybridized carbons (Fsp3) is 0.409.